The predicted octanol–water partition coefficient (Wildman–Crippen LogP) is 2.32. The number of alkyl halides is 3. The monoisotopic (exact) mass is 276 g/mol. The van der Waals surface area contributed by atoms with E-state index in [4.69, 9.17) is 5.73 Å². The minimum absolute atomic E-state index is 0.0550. The maximum absolute atomic E-state index is 12.5. The zero-order chi connectivity index (χ0) is 13.5. The first-order valence-corrected chi connectivity index (χ1v) is 5.76. The lowest BCUT2D eigenvalue weighted by atomic mass is 10.1. The number of anilines is 2. The molecule has 1 amide bonds. The normalized spacial score (nSPS) is 20.6. The number of nitrogen functional groups attached to an aromatic ring is 1. The molecule has 1 fully saturated rings. The van der Waals surface area contributed by atoms with Gasteiger partial charge in [-0.3, -0.25) is 4.79 Å². The first-order chi connectivity index (χ1) is 8.29. The fraction of sp³-hybridized carbons (Fsp3) is 0.364. The third-order valence-electron chi connectivity index (χ3n) is 2.75. The molecule has 1 aromatic rings. The van der Waals surface area contributed by atoms with Crippen molar-refractivity contribution in [3.05, 3.63) is 23.8 Å². The van der Waals surface area contributed by atoms with E-state index in [1.807, 2.05) is 0 Å². The van der Waals surface area contributed by atoms with Crippen LogP contribution < -0.4 is 10.6 Å². The van der Waals surface area contributed by atoms with Gasteiger partial charge >= 0.3 is 6.18 Å². The van der Waals surface area contributed by atoms with Crippen LogP contribution in [-0.4, -0.2) is 17.7 Å². The maximum Gasteiger partial charge on any atom is 0.416 e. The molecular formula is C11H11F3N2OS. The topological polar surface area (TPSA) is 46.3 Å². The third kappa shape index (κ3) is 2.40. The van der Waals surface area contributed by atoms with Crippen LogP contribution in [0.4, 0.5) is 24.5 Å². The minimum atomic E-state index is -4.44. The molecule has 2 rings (SSSR count). The van der Waals surface area contributed by atoms with E-state index in [-0.39, 0.29) is 23.3 Å². The molecule has 0 aromatic heterocycles. The summed E-state index contributed by atoms with van der Waals surface area (Å²) in [6.45, 7) is 0.359. The molecule has 7 heteroatoms. The Morgan fingerprint density at radius 1 is 1.39 bits per heavy atom. The summed E-state index contributed by atoms with van der Waals surface area (Å²) in [5.41, 5.74) is 5.02. The van der Waals surface area contributed by atoms with Gasteiger partial charge in [0.2, 0.25) is 5.91 Å². The highest BCUT2D eigenvalue weighted by molar-refractivity contribution is 7.81. The van der Waals surface area contributed by atoms with Crippen molar-refractivity contribution in [2.24, 2.45) is 0 Å². The van der Waals surface area contributed by atoms with Crippen molar-refractivity contribution in [1.29, 1.82) is 0 Å². The van der Waals surface area contributed by atoms with Crippen molar-refractivity contribution < 1.29 is 18.0 Å². The molecule has 0 bridgehead atoms. The molecular weight excluding hydrogens is 265 g/mol. The average molecular weight is 276 g/mol. The Balaban J connectivity index is 2.34. The molecule has 0 spiro atoms. The largest absolute Gasteiger partial charge is 0.416 e. The quantitative estimate of drug-likeness (QED) is 0.611. The number of halogens is 3. The number of benzene rings is 1. The highest BCUT2D eigenvalue weighted by atomic mass is 32.1. The molecule has 3 nitrogen and oxygen atoms in total. The summed E-state index contributed by atoms with van der Waals surface area (Å²) in [5.74, 6) is -0.179. The van der Waals surface area contributed by atoms with Gasteiger partial charge in [0.25, 0.3) is 0 Å². The van der Waals surface area contributed by atoms with Crippen LogP contribution in [-0.2, 0) is 11.0 Å². The fourth-order valence-corrected chi connectivity index (χ4v) is 2.22. The molecule has 1 unspecified atom stereocenters. The van der Waals surface area contributed by atoms with Crippen LogP contribution in [0.1, 0.15) is 12.0 Å². The van der Waals surface area contributed by atoms with E-state index in [0.717, 1.165) is 12.1 Å². The standard InChI is InChI=1S/C11H11F3N2OS/c12-11(13,14)6-1-2-9(8(15)3-6)16-5-7(18)4-10(16)17/h1-3,7,18H,4-5,15H2. The number of thiol groups is 1. The predicted molar refractivity (Wildman–Crippen MR) is 65.6 cm³/mol. The highest BCUT2D eigenvalue weighted by Gasteiger charge is 2.33. The number of carbonyl (C=O) groups excluding carboxylic acids is 1. The molecule has 0 saturated carbocycles. The molecule has 18 heavy (non-hydrogen) atoms. The van der Waals surface area contributed by atoms with Gasteiger partial charge in [-0.1, -0.05) is 0 Å². The number of nitrogens with zero attached hydrogens (tertiary/aromatic N) is 1. The SMILES string of the molecule is Nc1cc(C(F)(F)F)ccc1N1CC(S)CC1=O. The van der Waals surface area contributed by atoms with E-state index in [9.17, 15) is 18.0 Å². The molecule has 1 saturated heterocycles. The fourth-order valence-electron chi connectivity index (χ4n) is 1.90. The molecule has 98 valence electrons. The number of hydrogen-bond donors (Lipinski definition) is 2. The molecule has 1 aliphatic heterocycles. The van der Waals surface area contributed by atoms with Crippen LogP contribution in [0.15, 0.2) is 18.2 Å². The zero-order valence-corrected chi connectivity index (χ0v) is 10.1. The van der Waals surface area contributed by atoms with Crippen LogP contribution >= 0.6 is 12.6 Å². The van der Waals surface area contributed by atoms with E-state index in [1.54, 1.807) is 0 Å². The molecule has 1 heterocycles. The summed E-state index contributed by atoms with van der Waals surface area (Å²) < 4.78 is 37.4. The van der Waals surface area contributed by atoms with E-state index in [1.165, 1.54) is 11.0 Å². The highest BCUT2D eigenvalue weighted by Crippen LogP contribution is 2.35. The first-order valence-electron chi connectivity index (χ1n) is 5.24. The third-order valence-corrected chi connectivity index (χ3v) is 3.10. The summed E-state index contributed by atoms with van der Waals surface area (Å²) in [4.78, 5) is 13.0. The van der Waals surface area contributed by atoms with Gasteiger partial charge in [0, 0.05) is 18.2 Å². The summed E-state index contributed by atoms with van der Waals surface area (Å²) in [6.07, 6.45) is -4.17. The molecule has 1 aliphatic rings. The summed E-state index contributed by atoms with van der Waals surface area (Å²) in [5, 5.41) is -0.112. The van der Waals surface area contributed by atoms with Gasteiger partial charge in [0.15, 0.2) is 0 Å². The van der Waals surface area contributed by atoms with Crippen molar-refractivity contribution >= 4 is 29.9 Å². The summed E-state index contributed by atoms with van der Waals surface area (Å²) >= 11 is 4.18. The number of amides is 1. The van der Waals surface area contributed by atoms with Gasteiger partial charge in [0.05, 0.1) is 16.9 Å². The second-order valence-electron chi connectivity index (χ2n) is 4.13. The van der Waals surface area contributed by atoms with Gasteiger partial charge in [-0.2, -0.15) is 25.8 Å². The smallest absolute Gasteiger partial charge is 0.397 e. The second-order valence-corrected chi connectivity index (χ2v) is 4.86. The zero-order valence-electron chi connectivity index (χ0n) is 9.24. The minimum Gasteiger partial charge on any atom is -0.397 e. The second kappa shape index (κ2) is 4.38. The Hall–Kier alpha value is -1.37. The van der Waals surface area contributed by atoms with Gasteiger partial charge < -0.3 is 10.6 Å². The van der Waals surface area contributed by atoms with Crippen LogP contribution in [0.2, 0.25) is 0 Å². The molecule has 0 aliphatic carbocycles. The lowest BCUT2D eigenvalue weighted by Gasteiger charge is -2.19. The maximum atomic E-state index is 12.5. The van der Waals surface area contributed by atoms with E-state index in [2.05, 4.69) is 12.6 Å². The summed E-state index contributed by atoms with van der Waals surface area (Å²) in [6, 6.07) is 2.99. The summed E-state index contributed by atoms with van der Waals surface area (Å²) in [7, 11) is 0. The van der Waals surface area contributed by atoms with Crippen molar-refractivity contribution in [3.63, 3.8) is 0 Å². The van der Waals surface area contributed by atoms with Crippen LogP contribution in [0.25, 0.3) is 0 Å². The van der Waals surface area contributed by atoms with Crippen LogP contribution in [0.3, 0.4) is 0 Å². The van der Waals surface area contributed by atoms with Gasteiger partial charge in [-0.25, -0.2) is 0 Å². The van der Waals surface area contributed by atoms with Crippen molar-refractivity contribution in [3.8, 4) is 0 Å². The number of rotatable bonds is 1. The average Bonchev–Trinajstić information content (AvgIpc) is 2.56. The van der Waals surface area contributed by atoms with E-state index < -0.39 is 11.7 Å². The van der Waals surface area contributed by atoms with Gasteiger partial charge in [-0.15, -0.1) is 0 Å². The Morgan fingerprint density at radius 3 is 2.50 bits per heavy atom. The molecule has 1 aromatic carbocycles. The van der Waals surface area contributed by atoms with E-state index >= 15 is 0 Å². The number of nitrogens with two attached hydrogens (primary N) is 1. The van der Waals surface area contributed by atoms with Gasteiger partial charge in [-0.05, 0) is 18.2 Å². The Kier molecular flexibility index (Phi) is 3.18. The first kappa shape index (κ1) is 13.1. The molecule has 1 atom stereocenters. The lowest BCUT2D eigenvalue weighted by Crippen LogP contribution is -2.25. The van der Waals surface area contributed by atoms with Gasteiger partial charge in [0.1, 0.15) is 0 Å². The van der Waals surface area contributed by atoms with E-state index in [0.29, 0.717) is 12.2 Å². The Morgan fingerprint density at radius 2 is 2.06 bits per heavy atom. The number of carbonyl (C=O) groups is 1. The van der Waals surface area contributed by atoms with Crippen LogP contribution in [0, 0.1) is 0 Å². The van der Waals surface area contributed by atoms with Crippen molar-refractivity contribution in [1.82, 2.24) is 0 Å². The molecule has 0 radical (unpaired) electrons. The Labute approximate surface area is 107 Å². The van der Waals surface area contributed by atoms with Crippen molar-refractivity contribution in [2.75, 3.05) is 17.2 Å². The number of hydrogen-bond acceptors (Lipinski definition) is 3. The lowest BCUT2D eigenvalue weighted by molar-refractivity contribution is -0.137. The van der Waals surface area contributed by atoms with Crippen molar-refractivity contribution in [2.45, 2.75) is 17.8 Å². The molecule has 2 N–H and O–H groups in total. The van der Waals surface area contributed by atoms with Crippen LogP contribution in [0.5, 0.6) is 0 Å². The Bertz CT molecular complexity index is 490.